The Kier molecular flexibility index (Phi) is 6.06. The SMILES string of the molecule is c1ccc2cc3c(cc2c1)-c1cccc2cccc(c12)N3c1nc(-c2ccc3c(c2)sc2ccccc23)nc(-c2cccc3c2sc2ccccc23)n1. The number of thiophene rings is 2. The Labute approximate surface area is 311 Å². The molecule has 0 atom stereocenters. The fourth-order valence-electron chi connectivity index (χ4n) is 8.21. The number of hydrogen-bond acceptors (Lipinski definition) is 6. The van der Waals surface area contributed by atoms with E-state index in [1.165, 1.54) is 67.5 Å². The number of fused-ring (bicyclic) bond motifs is 9. The van der Waals surface area contributed by atoms with Gasteiger partial charge in [-0.15, -0.1) is 22.7 Å². The molecular weight excluding hydrogens is 685 g/mol. The maximum absolute atomic E-state index is 5.42. The molecule has 0 aliphatic carbocycles. The van der Waals surface area contributed by atoms with Crippen LogP contribution in [0.15, 0.2) is 158 Å². The predicted octanol–water partition coefficient (Wildman–Crippen LogP) is 13.7. The standard InChI is InChI=1S/C47H26N4S2/c1-2-11-29-25-39-37(24-28(29)10-1)34-16-7-12-27-13-8-19-38(43(27)34)51(39)47-49-45(30-22-23-33-31-14-3-5-20-40(31)52-42(33)26-30)48-46(50-47)36-18-9-17-35-32-15-4-6-21-41(32)53-44(35)36/h1-26H. The second-order valence-electron chi connectivity index (χ2n) is 13.6. The molecule has 8 aromatic carbocycles. The summed E-state index contributed by atoms with van der Waals surface area (Å²) in [5.41, 5.74) is 6.46. The molecule has 0 saturated carbocycles. The van der Waals surface area contributed by atoms with E-state index >= 15 is 0 Å². The molecule has 246 valence electrons. The minimum absolute atomic E-state index is 0.595. The molecule has 1 aliphatic heterocycles. The summed E-state index contributed by atoms with van der Waals surface area (Å²) in [5.74, 6) is 1.90. The van der Waals surface area contributed by atoms with Crippen molar-refractivity contribution >= 4 is 102 Å². The molecule has 0 amide bonds. The Hall–Kier alpha value is -6.47. The molecule has 0 fully saturated rings. The highest BCUT2D eigenvalue weighted by Crippen LogP contribution is 2.52. The molecule has 11 aromatic rings. The summed E-state index contributed by atoms with van der Waals surface area (Å²) in [4.78, 5) is 18.4. The highest BCUT2D eigenvalue weighted by atomic mass is 32.1. The lowest BCUT2D eigenvalue weighted by atomic mass is 9.90. The molecule has 12 rings (SSSR count). The van der Waals surface area contributed by atoms with Crippen LogP contribution in [0.25, 0.3) is 95.8 Å². The minimum Gasteiger partial charge on any atom is -0.278 e. The van der Waals surface area contributed by atoms with E-state index in [9.17, 15) is 0 Å². The number of benzene rings is 8. The second kappa shape index (κ2) is 11.0. The number of hydrogen-bond donors (Lipinski definition) is 0. The van der Waals surface area contributed by atoms with Crippen molar-refractivity contribution in [2.24, 2.45) is 0 Å². The average molecular weight is 711 g/mol. The molecule has 0 saturated heterocycles. The second-order valence-corrected chi connectivity index (χ2v) is 15.7. The zero-order chi connectivity index (χ0) is 34.6. The van der Waals surface area contributed by atoms with E-state index in [4.69, 9.17) is 15.0 Å². The largest absolute Gasteiger partial charge is 0.278 e. The van der Waals surface area contributed by atoms with Gasteiger partial charge >= 0.3 is 0 Å². The van der Waals surface area contributed by atoms with Crippen molar-refractivity contribution in [2.75, 3.05) is 4.90 Å². The summed E-state index contributed by atoms with van der Waals surface area (Å²) in [6, 6.07) is 56.7. The topological polar surface area (TPSA) is 41.9 Å². The van der Waals surface area contributed by atoms with Crippen molar-refractivity contribution < 1.29 is 0 Å². The summed E-state index contributed by atoms with van der Waals surface area (Å²) < 4.78 is 4.92. The Morgan fingerprint density at radius 3 is 1.91 bits per heavy atom. The van der Waals surface area contributed by atoms with Crippen molar-refractivity contribution in [3.63, 3.8) is 0 Å². The van der Waals surface area contributed by atoms with Gasteiger partial charge in [-0.3, -0.25) is 4.90 Å². The third-order valence-corrected chi connectivity index (χ3v) is 13.0. The van der Waals surface area contributed by atoms with Gasteiger partial charge in [-0.1, -0.05) is 115 Å². The Bertz CT molecular complexity index is 3320. The van der Waals surface area contributed by atoms with Crippen molar-refractivity contribution in [1.82, 2.24) is 15.0 Å². The van der Waals surface area contributed by atoms with E-state index < -0.39 is 0 Å². The first-order valence-electron chi connectivity index (χ1n) is 17.7. The Morgan fingerprint density at radius 1 is 0.396 bits per heavy atom. The van der Waals surface area contributed by atoms with Crippen LogP contribution in [0.3, 0.4) is 0 Å². The average Bonchev–Trinajstić information content (AvgIpc) is 3.78. The van der Waals surface area contributed by atoms with Crippen molar-refractivity contribution in [2.45, 2.75) is 0 Å². The fourth-order valence-corrected chi connectivity index (χ4v) is 10.6. The van der Waals surface area contributed by atoms with E-state index in [0.717, 1.165) is 28.1 Å². The lowest BCUT2D eigenvalue weighted by molar-refractivity contribution is 1.03. The number of rotatable bonds is 3. The van der Waals surface area contributed by atoms with E-state index in [-0.39, 0.29) is 0 Å². The van der Waals surface area contributed by atoms with Crippen molar-refractivity contribution in [3.8, 4) is 33.9 Å². The third kappa shape index (κ3) is 4.31. The van der Waals surface area contributed by atoms with Gasteiger partial charge < -0.3 is 0 Å². The van der Waals surface area contributed by atoms with Gasteiger partial charge in [0, 0.05) is 62.4 Å². The zero-order valence-electron chi connectivity index (χ0n) is 28.1. The van der Waals surface area contributed by atoms with E-state index in [1.54, 1.807) is 11.3 Å². The number of anilines is 3. The Morgan fingerprint density at radius 2 is 1.04 bits per heavy atom. The monoisotopic (exact) mass is 710 g/mol. The van der Waals surface area contributed by atoms with Gasteiger partial charge in [0.15, 0.2) is 11.6 Å². The van der Waals surface area contributed by atoms with E-state index in [2.05, 4.69) is 163 Å². The van der Waals surface area contributed by atoms with Crippen molar-refractivity contribution in [3.05, 3.63) is 158 Å². The molecule has 4 heterocycles. The maximum atomic E-state index is 5.42. The normalized spacial score (nSPS) is 12.5. The van der Waals surface area contributed by atoms with Crippen LogP contribution in [-0.2, 0) is 0 Å². The molecule has 4 nitrogen and oxygen atoms in total. The van der Waals surface area contributed by atoms with Gasteiger partial charge in [0.2, 0.25) is 5.95 Å². The van der Waals surface area contributed by atoms with Gasteiger partial charge in [0.05, 0.1) is 11.4 Å². The van der Waals surface area contributed by atoms with Crippen LogP contribution in [0, 0.1) is 0 Å². The fraction of sp³-hybridized carbons (Fsp3) is 0. The number of nitrogens with zero attached hydrogens (tertiary/aromatic N) is 4. The first kappa shape index (κ1) is 29.1. The van der Waals surface area contributed by atoms with Crippen molar-refractivity contribution in [1.29, 1.82) is 0 Å². The molecule has 3 aromatic heterocycles. The summed E-state index contributed by atoms with van der Waals surface area (Å²) in [6.07, 6.45) is 0. The van der Waals surface area contributed by atoms with Crippen LogP contribution in [-0.4, -0.2) is 15.0 Å². The van der Waals surface area contributed by atoms with Crippen LogP contribution in [0.2, 0.25) is 0 Å². The molecule has 1 aliphatic rings. The summed E-state index contributed by atoms with van der Waals surface area (Å²) in [6.45, 7) is 0. The quantitative estimate of drug-likeness (QED) is 0.183. The summed E-state index contributed by atoms with van der Waals surface area (Å²) in [7, 11) is 0. The molecule has 0 N–H and O–H groups in total. The maximum Gasteiger partial charge on any atom is 0.238 e. The smallest absolute Gasteiger partial charge is 0.238 e. The van der Waals surface area contributed by atoms with Gasteiger partial charge in [-0.2, -0.15) is 9.97 Å². The first-order chi connectivity index (χ1) is 26.2. The summed E-state index contributed by atoms with van der Waals surface area (Å²) >= 11 is 3.60. The highest BCUT2D eigenvalue weighted by molar-refractivity contribution is 7.26. The minimum atomic E-state index is 0.595. The van der Waals surface area contributed by atoms with Gasteiger partial charge in [-0.05, 0) is 64.2 Å². The molecule has 0 radical (unpaired) electrons. The van der Waals surface area contributed by atoms with E-state index in [0.29, 0.717) is 17.6 Å². The molecule has 0 spiro atoms. The zero-order valence-corrected chi connectivity index (χ0v) is 29.7. The summed E-state index contributed by atoms with van der Waals surface area (Å²) in [5, 5.41) is 9.74. The molecule has 0 bridgehead atoms. The lowest BCUT2D eigenvalue weighted by Crippen LogP contribution is -2.19. The number of aromatic nitrogens is 3. The van der Waals surface area contributed by atoms with Crippen LogP contribution in [0.1, 0.15) is 0 Å². The Balaban J connectivity index is 1.17. The highest BCUT2D eigenvalue weighted by Gasteiger charge is 2.29. The van der Waals surface area contributed by atoms with Crippen LogP contribution >= 0.6 is 22.7 Å². The lowest BCUT2D eigenvalue weighted by Gasteiger charge is -2.32. The predicted molar refractivity (Wildman–Crippen MR) is 225 cm³/mol. The van der Waals surface area contributed by atoms with Gasteiger partial charge in [0.25, 0.3) is 0 Å². The van der Waals surface area contributed by atoms with E-state index in [1.807, 2.05) is 11.3 Å². The first-order valence-corrected chi connectivity index (χ1v) is 19.3. The van der Waals surface area contributed by atoms with Crippen LogP contribution in [0.4, 0.5) is 17.3 Å². The third-order valence-electron chi connectivity index (χ3n) is 10.6. The molecular formula is C47H26N4S2. The molecule has 6 heteroatoms. The van der Waals surface area contributed by atoms with Gasteiger partial charge in [-0.25, -0.2) is 4.98 Å². The van der Waals surface area contributed by atoms with Gasteiger partial charge in [0.1, 0.15) is 0 Å². The molecule has 0 unspecified atom stereocenters. The van der Waals surface area contributed by atoms with Crippen LogP contribution in [0.5, 0.6) is 0 Å². The molecule has 53 heavy (non-hydrogen) atoms. The van der Waals surface area contributed by atoms with Crippen LogP contribution < -0.4 is 4.90 Å².